The van der Waals surface area contributed by atoms with Crippen LogP contribution in [0, 0.1) is 0 Å². The van der Waals surface area contributed by atoms with Crippen molar-refractivity contribution in [3.05, 3.63) is 0 Å². The third-order valence-corrected chi connectivity index (χ3v) is 3.46. The van der Waals surface area contributed by atoms with Gasteiger partial charge in [0.15, 0.2) is 5.78 Å². The van der Waals surface area contributed by atoms with Gasteiger partial charge in [-0.25, -0.2) is 4.18 Å². The summed E-state index contributed by atoms with van der Waals surface area (Å²) in [4.78, 5) is 11.0. The molecule has 0 rings (SSSR count). The minimum Gasteiger partial charge on any atom is -0.328 e. The molecule has 2 atom stereocenters. The van der Waals surface area contributed by atoms with E-state index in [1.54, 1.807) is 6.92 Å². The first kappa shape index (κ1) is 14.8. The molecule has 0 N–H and O–H groups in total. The van der Waals surface area contributed by atoms with Gasteiger partial charge in [-0.1, -0.05) is 6.92 Å². The molecule has 0 aromatic rings. The fourth-order valence-corrected chi connectivity index (χ4v) is 2.94. The average Bonchev–Trinajstić information content (AvgIpc) is 2.08. The van der Waals surface area contributed by atoms with E-state index in [1.165, 1.54) is 0 Å². The molecule has 2 unspecified atom stereocenters. The SMILES string of the molecule is CCCO[PH](=O)C(OS(C)(=O)=O)C(C)=O. The number of hydrogen-bond donors (Lipinski definition) is 0. The zero-order valence-electron chi connectivity index (χ0n) is 8.85. The molecule has 0 aromatic heterocycles. The Morgan fingerprint density at radius 1 is 1.47 bits per heavy atom. The molecule has 0 saturated heterocycles. The van der Waals surface area contributed by atoms with Crippen LogP contribution in [0.1, 0.15) is 20.3 Å². The van der Waals surface area contributed by atoms with Crippen LogP contribution in [-0.2, 0) is 28.2 Å². The molecule has 0 saturated carbocycles. The minimum absolute atomic E-state index is 0.203. The van der Waals surface area contributed by atoms with Crippen molar-refractivity contribution in [1.82, 2.24) is 0 Å². The summed E-state index contributed by atoms with van der Waals surface area (Å²) in [7, 11) is -6.64. The predicted octanol–water partition coefficient (Wildman–Crippen LogP) is 0.779. The molecular weight excluding hydrogens is 243 g/mol. The van der Waals surface area contributed by atoms with Crippen molar-refractivity contribution in [2.75, 3.05) is 12.9 Å². The normalized spacial score (nSPS) is 15.9. The van der Waals surface area contributed by atoms with Crippen LogP contribution in [0.4, 0.5) is 0 Å². The highest BCUT2D eigenvalue weighted by Crippen LogP contribution is 2.32. The smallest absolute Gasteiger partial charge is 0.265 e. The molecule has 90 valence electrons. The standard InChI is InChI=1S/C7H15O6PS/c1-4-5-12-14(9)7(6(2)8)13-15(3,10)11/h7,14H,4-5H2,1-3H3. The number of carbonyl (C=O) groups excluding carboxylic acids is 1. The van der Waals surface area contributed by atoms with E-state index in [1.807, 2.05) is 0 Å². The molecule has 0 fully saturated rings. The Kier molecular flexibility index (Phi) is 6.28. The summed E-state index contributed by atoms with van der Waals surface area (Å²) in [5, 5.41) is 0. The topological polar surface area (TPSA) is 86.7 Å². The third-order valence-electron chi connectivity index (χ3n) is 1.30. The van der Waals surface area contributed by atoms with Gasteiger partial charge in [0, 0.05) is 0 Å². The van der Waals surface area contributed by atoms with Crippen LogP contribution in [0.15, 0.2) is 0 Å². The van der Waals surface area contributed by atoms with E-state index >= 15 is 0 Å². The first-order chi connectivity index (χ1) is 6.78. The van der Waals surface area contributed by atoms with Gasteiger partial charge in [-0.3, -0.25) is 9.36 Å². The number of ketones is 1. The quantitative estimate of drug-likeness (QED) is 0.495. The monoisotopic (exact) mass is 258 g/mol. The molecule has 0 amide bonds. The van der Waals surface area contributed by atoms with Crippen LogP contribution in [0.5, 0.6) is 0 Å². The van der Waals surface area contributed by atoms with Gasteiger partial charge in [0.2, 0.25) is 13.9 Å². The lowest BCUT2D eigenvalue weighted by atomic mass is 10.5. The summed E-state index contributed by atoms with van der Waals surface area (Å²) in [5.74, 6) is -2.13. The fraction of sp³-hybridized carbons (Fsp3) is 0.857. The van der Waals surface area contributed by atoms with E-state index in [2.05, 4.69) is 4.18 Å². The van der Waals surface area contributed by atoms with Crippen LogP contribution < -0.4 is 0 Å². The molecule has 0 heterocycles. The molecule has 0 bridgehead atoms. The second-order valence-corrected chi connectivity index (χ2v) is 6.01. The van der Waals surface area contributed by atoms with E-state index in [9.17, 15) is 17.8 Å². The van der Waals surface area contributed by atoms with Gasteiger partial charge in [0.1, 0.15) is 0 Å². The Morgan fingerprint density at radius 3 is 2.33 bits per heavy atom. The molecule has 0 aliphatic carbocycles. The van der Waals surface area contributed by atoms with E-state index < -0.39 is 29.8 Å². The van der Waals surface area contributed by atoms with Gasteiger partial charge >= 0.3 is 0 Å². The molecule has 0 aromatic carbocycles. The summed E-state index contributed by atoms with van der Waals surface area (Å²) < 4.78 is 42.1. The highest BCUT2D eigenvalue weighted by molar-refractivity contribution is 7.86. The second kappa shape index (κ2) is 6.37. The number of carbonyl (C=O) groups is 1. The zero-order valence-corrected chi connectivity index (χ0v) is 10.7. The van der Waals surface area contributed by atoms with Gasteiger partial charge in [0.05, 0.1) is 12.9 Å². The van der Waals surface area contributed by atoms with Crippen molar-refractivity contribution >= 4 is 23.9 Å². The Hall–Kier alpha value is -0.230. The molecule has 0 radical (unpaired) electrons. The fourth-order valence-electron chi connectivity index (χ4n) is 0.726. The second-order valence-electron chi connectivity index (χ2n) is 2.96. The largest absolute Gasteiger partial charge is 0.328 e. The first-order valence-corrected chi connectivity index (χ1v) is 7.54. The lowest BCUT2D eigenvalue weighted by molar-refractivity contribution is -0.120. The maximum Gasteiger partial charge on any atom is 0.265 e. The highest BCUT2D eigenvalue weighted by atomic mass is 32.2. The van der Waals surface area contributed by atoms with Crippen LogP contribution in [-0.4, -0.2) is 32.9 Å². The van der Waals surface area contributed by atoms with Crippen LogP contribution >= 0.6 is 8.03 Å². The van der Waals surface area contributed by atoms with E-state index in [0.29, 0.717) is 6.42 Å². The molecule has 0 aliphatic heterocycles. The van der Waals surface area contributed by atoms with Crippen molar-refractivity contribution in [2.24, 2.45) is 0 Å². The Balaban J connectivity index is 4.54. The van der Waals surface area contributed by atoms with Crippen molar-refractivity contribution in [2.45, 2.75) is 26.1 Å². The van der Waals surface area contributed by atoms with Gasteiger partial charge in [-0.15, -0.1) is 0 Å². The minimum atomic E-state index is -3.81. The Morgan fingerprint density at radius 2 is 2.00 bits per heavy atom. The number of hydrogen-bond acceptors (Lipinski definition) is 6. The zero-order chi connectivity index (χ0) is 12.1. The van der Waals surface area contributed by atoms with Gasteiger partial charge < -0.3 is 4.52 Å². The highest BCUT2D eigenvalue weighted by Gasteiger charge is 2.27. The summed E-state index contributed by atoms with van der Waals surface area (Å²) >= 11 is 0. The lowest BCUT2D eigenvalue weighted by Gasteiger charge is -2.12. The van der Waals surface area contributed by atoms with Crippen molar-refractivity contribution in [3.63, 3.8) is 0 Å². The van der Waals surface area contributed by atoms with Gasteiger partial charge in [-0.2, -0.15) is 8.42 Å². The molecule has 8 heteroatoms. The Bertz CT molecular complexity index is 335. The van der Waals surface area contributed by atoms with E-state index in [4.69, 9.17) is 4.52 Å². The summed E-state index contributed by atoms with van der Waals surface area (Å²) in [6.45, 7) is 3.11. The molecule has 0 spiro atoms. The van der Waals surface area contributed by atoms with Crippen LogP contribution in [0.25, 0.3) is 0 Å². The third kappa shape index (κ3) is 6.78. The molecular formula is C7H15O6PS. The summed E-state index contributed by atoms with van der Waals surface area (Å²) in [6, 6.07) is 0. The predicted molar refractivity (Wildman–Crippen MR) is 55.6 cm³/mol. The number of Topliss-reactive ketones (excluding diaryl/α,β-unsaturated/α-hetero) is 1. The van der Waals surface area contributed by atoms with Crippen molar-refractivity contribution in [1.29, 1.82) is 0 Å². The first-order valence-electron chi connectivity index (χ1n) is 4.33. The van der Waals surface area contributed by atoms with E-state index in [0.717, 1.165) is 13.2 Å². The molecule has 15 heavy (non-hydrogen) atoms. The maximum absolute atomic E-state index is 11.4. The average molecular weight is 258 g/mol. The maximum atomic E-state index is 11.4. The van der Waals surface area contributed by atoms with Gasteiger partial charge in [0.25, 0.3) is 10.1 Å². The molecule has 6 nitrogen and oxygen atoms in total. The van der Waals surface area contributed by atoms with Gasteiger partial charge in [-0.05, 0) is 13.3 Å². The van der Waals surface area contributed by atoms with Crippen molar-refractivity contribution in [3.8, 4) is 0 Å². The van der Waals surface area contributed by atoms with Crippen LogP contribution in [0.3, 0.4) is 0 Å². The number of rotatable bonds is 7. The summed E-state index contributed by atoms with van der Waals surface area (Å²) in [6.07, 6.45) is 1.41. The lowest BCUT2D eigenvalue weighted by Crippen LogP contribution is -2.22. The summed E-state index contributed by atoms with van der Waals surface area (Å²) in [5.41, 5.74) is 0. The Labute approximate surface area is 89.9 Å². The molecule has 0 aliphatic rings. The van der Waals surface area contributed by atoms with E-state index in [-0.39, 0.29) is 6.61 Å². The van der Waals surface area contributed by atoms with Crippen molar-refractivity contribution < 1.29 is 26.5 Å². The van der Waals surface area contributed by atoms with Crippen LogP contribution in [0.2, 0.25) is 0 Å².